The predicted molar refractivity (Wildman–Crippen MR) is 123 cm³/mol. The van der Waals surface area contributed by atoms with E-state index in [1.165, 1.54) is 0 Å². The largest absolute Gasteiger partial charge is 0.405 e. The third-order valence-electron chi connectivity index (χ3n) is 3.53. The number of rotatable bonds is 7. The lowest BCUT2D eigenvalue weighted by molar-refractivity contribution is -0.122. The number of alkyl halides is 3. The second kappa shape index (κ2) is 11.9. The van der Waals surface area contributed by atoms with Crippen molar-refractivity contribution in [2.24, 2.45) is 10.2 Å². The van der Waals surface area contributed by atoms with E-state index in [1.807, 2.05) is 13.0 Å². The van der Waals surface area contributed by atoms with Gasteiger partial charge in [-0.15, -0.1) is 0 Å². The van der Waals surface area contributed by atoms with Crippen molar-refractivity contribution in [2.75, 3.05) is 13.1 Å². The predicted octanol–water partition coefficient (Wildman–Crippen LogP) is 2.70. The number of aromatic nitrogens is 1. The van der Waals surface area contributed by atoms with Gasteiger partial charge in [-0.05, 0) is 43.5 Å². The summed E-state index contributed by atoms with van der Waals surface area (Å²) in [6, 6.07) is 12.5. The van der Waals surface area contributed by atoms with E-state index in [4.69, 9.17) is 24.4 Å². The lowest BCUT2D eigenvalue weighted by atomic mass is 10.0. The number of hydrogen-bond acceptors (Lipinski definition) is 5. The molecule has 164 valence electrons. The maximum absolute atomic E-state index is 12.4. The van der Waals surface area contributed by atoms with Gasteiger partial charge in [-0.1, -0.05) is 30.3 Å². The number of nitrogens with one attached hydrogen (secondary N) is 4. The van der Waals surface area contributed by atoms with E-state index in [2.05, 4.69) is 36.7 Å². The highest BCUT2D eigenvalue weighted by molar-refractivity contribution is 7.80. The summed E-state index contributed by atoms with van der Waals surface area (Å²) >= 11 is 10.1. The van der Waals surface area contributed by atoms with Crippen molar-refractivity contribution in [3.63, 3.8) is 0 Å². The number of benzene rings is 1. The van der Waals surface area contributed by atoms with Crippen LogP contribution in [-0.2, 0) is 0 Å². The Morgan fingerprint density at radius 3 is 2.03 bits per heavy atom. The minimum Gasteiger partial charge on any atom is -0.362 e. The number of pyridine rings is 1. The summed E-state index contributed by atoms with van der Waals surface area (Å²) in [6.07, 6.45) is -1.23. The molecule has 0 spiro atoms. The highest BCUT2D eigenvalue weighted by Gasteiger charge is 2.27. The molecule has 7 nitrogen and oxygen atoms in total. The quantitative estimate of drug-likeness (QED) is 0.283. The zero-order valence-corrected chi connectivity index (χ0v) is 18.0. The Labute approximate surface area is 188 Å². The van der Waals surface area contributed by atoms with Crippen LogP contribution >= 0.6 is 24.4 Å². The molecule has 2 aromatic rings. The summed E-state index contributed by atoms with van der Waals surface area (Å²) in [5.41, 5.74) is 7.11. The van der Waals surface area contributed by atoms with E-state index in [-0.39, 0.29) is 5.11 Å². The van der Waals surface area contributed by atoms with Gasteiger partial charge in [0, 0.05) is 30.1 Å². The molecule has 0 radical (unpaired) electrons. The highest BCUT2D eigenvalue weighted by Crippen LogP contribution is 2.12. The Kier molecular flexibility index (Phi) is 9.28. The Bertz CT molecular complexity index is 933. The van der Waals surface area contributed by atoms with Crippen LogP contribution < -0.4 is 21.5 Å². The first-order valence-corrected chi connectivity index (χ1v) is 9.87. The van der Waals surface area contributed by atoms with Gasteiger partial charge in [0.25, 0.3) is 0 Å². The van der Waals surface area contributed by atoms with Crippen LogP contribution in [0.1, 0.15) is 18.1 Å². The van der Waals surface area contributed by atoms with Crippen molar-refractivity contribution >= 4 is 46.1 Å². The molecular weight excluding hydrogens is 447 g/mol. The Morgan fingerprint density at radius 1 is 0.903 bits per heavy atom. The van der Waals surface area contributed by atoms with Crippen LogP contribution in [0.3, 0.4) is 0 Å². The Balaban J connectivity index is 2.41. The second-order valence-electron chi connectivity index (χ2n) is 5.91. The monoisotopic (exact) mass is 467 g/mol. The Morgan fingerprint density at radius 2 is 1.48 bits per heavy atom. The molecule has 31 heavy (non-hydrogen) atoms. The highest BCUT2D eigenvalue weighted by atomic mass is 32.1. The van der Waals surface area contributed by atoms with Crippen LogP contribution in [0, 0.1) is 0 Å². The van der Waals surface area contributed by atoms with Gasteiger partial charge in [0.15, 0.2) is 10.2 Å². The number of nitrogens with zero attached hydrogens (tertiary/aromatic N) is 3. The zero-order valence-electron chi connectivity index (χ0n) is 16.4. The average Bonchev–Trinajstić information content (AvgIpc) is 2.75. The molecule has 4 N–H and O–H groups in total. The van der Waals surface area contributed by atoms with E-state index in [9.17, 15) is 13.2 Å². The van der Waals surface area contributed by atoms with E-state index in [1.54, 1.807) is 48.8 Å². The molecule has 0 atom stereocenters. The van der Waals surface area contributed by atoms with Crippen LogP contribution in [-0.4, -0.2) is 45.9 Å². The standard InChI is InChI=1S/C19H20F3N7S2/c1-2-24-17(30)28-27-16(14-9-6-10-23-11-14)15(13-7-4-3-5-8-13)26-29-18(31)25-12-19(20,21)22/h3-11H,2,12H2,1H3,(H2,24,28,30)(H2,25,29,31). The summed E-state index contributed by atoms with van der Waals surface area (Å²) in [7, 11) is 0. The van der Waals surface area contributed by atoms with Crippen molar-refractivity contribution < 1.29 is 13.2 Å². The normalized spacial score (nSPS) is 12.1. The van der Waals surface area contributed by atoms with Crippen LogP contribution in [0.15, 0.2) is 65.1 Å². The third kappa shape index (κ3) is 8.64. The van der Waals surface area contributed by atoms with Gasteiger partial charge in [-0.2, -0.15) is 23.4 Å². The van der Waals surface area contributed by atoms with Crippen molar-refractivity contribution in [3.05, 3.63) is 66.0 Å². The van der Waals surface area contributed by atoms with Crippen molar-refractivity contribution in [1.29, 1.82) is 0 Å². The molecule has 0 amide bonds. The molecule has 0 aliphatic heterocycles. The topological polar surface area (TPSA) is 85.7 Å². The minimum atomic E-state index is -4.41. The summed E-state index contributed by atoms with van der Waals surface area (Å²) in [5.74, 6) is 0. The number of hydrogen-bond donors (Lipinski definition) is 4. The summed E-state index contributed by atoms with van der Waals surface area (Å²) < 4.78 is 37.3. The molecule has 0 saturated carbocycles. The summed E-state index contributed by atoms with van der Waals surface area (Å²) in [6.45, 7) is 1.20. The van der Waals surface area contributed by atoms with Crippen LogP contribution in [0.25, 0.3) is 0 Å². The minimum absolute atomic E-state index is 0.285. The molecule has 0 aliphatic rings. The molecule has 1 aromatic heterocycles. The Hall–Kier alpha value is -3.12. The summed E-state index contributed by atoms with van der Waals surface area (Å²) in [4.78, 5) is 4.10. The van der Waals surface area contributed by atoms with Gasteiger partial charge in [-0.25, -0.2) is 0 Å². The van der Waals surface area contributed by atoms with Crippen molar-refractivity contribution in [3.8, 4) is 0 Å². The van der Waals surface area contributed by atoms with Gasteiger partial charge in [0.1, 0.15) is 18.0 Å². The molecule has 2 rings (SSSR count). The molecule has 0 bridgehead atoms. The van der Waals surface area contributed by atoms with Gasteiger partial charge >= 0.3 is 6.18 Å². The molecule has 0 saturated heterocycles. The number of hydrazone groups is 2. The third-order valence-corrected chi connectivity index (χ3v) is 4.00. The van der Waals surface area contributed by atoms with Crippen LogP contribution in [0.2, 0.25) is 0 Å². The lowest BCUT2D eigenvalue weighted by Gasteiger charge is -2.14. The lowest BCUT2D eigenvalue weighted by Crippen LogP contribution is -2.39. The van der Waals surface area contributed by atoms with Crippen LogP contribution in [0.4, 0.5) is 13.2 Å². The van der Waals surface area contributed by atoms with E-state index < -0.39 is 12.7 Å². The van der Waals surface area contributed by atoms with E-state index >= 15 is 0 Å². The number of halogens is 3. The first-order chi connectivity index (χ1) is 14.8. The smallest absolute Gasteiger partial charge is 0.362 e. The number of thiocarbonyl (C=S) groups is 2. The second-order valence-corrected chi connectivity index (χ2v) is 6.73. The maximum Gasteiger partial charge on any atom is 0.405 e. The molecule has 0 unspecified atom stereocenters. The van der Waals surface area contributed by atoms with Gasteiger partial charge < -0.3 is 10.6 Å². The van der Waals surface area contributed by atoms with Crippen molar-refractivity contribution in [2.45, 2.75) is 13.1 Å². The molecule has 12 heteroatoms. The first kappa shape index (κ1) is 24.2. The first-order valence-electron chi connectivity index (χ1n) is 9.06. The fraction of sp³-hybridized carbons (Fsp3) is 0.211. The van der Waals surface area contributed by atoms with Gasteiger partial charge in [0.05, 0.1) is 0 Å². The molecule has 1 heterocycles. The van der Waals surface area contributed by atoms with E-state index in [0.29, 0.717) is 34.2 Å². The SMILES string of the molecule is CCNC(=S)NN=C(C(=NNC(=S)NCC(F)(F)F)c1ccccc1)c1cccnc1. The summed E-state index contributed by atoms with van der Waals surface area (Å²) in [5, 5.41) is 13.6. The van der Waals surface area contributed by atoms with Crippen molar-refractivity contribution in [1.82, 2.24) is 26.5 Å². The average molecular weight is 468 g/mol. The fourth-order valence-corrected chi connectivity index (χ4v) is 2.55. The van der Waals surface area contributed by atoms with Crippen LogP contribution in [0.5, 0.6) is 0 Å². The molecule has 1 aromatic carbocycles. The fourth-order valence-electron chi connectivity index (χ4n) is 2.24. The molecule has 0 aliphatic carbocycles. The van der Waals surface area contributed by atoms with E-state index in [0.717, 1.165) is 0 Å². The molecule has 0 fully saturated rings. The van der Waals surface area contributed by atoms with Gasteiger partial charge in [0.2, 0.25) is 0 Å². The zero-order chi connectivity index (χ0) is 22.7. The molecular formula is C19H20F3N7S2. The van der Waals surface area contributed by atoms with Gasteiger partial charge in [-0.3, -0.25) is 15.8 Å². The maximum atomic E-state index is 12.4.